The largest absolute Gasteiger partial charge is 0.383 e. The Bertz CT molecular complexity index is 265. The van der Waals surface area contributed by atoms with Crippen LogP contribution in [0.15, 0.2) is 29.2 Å². The summed E-state index contributed by atoms with van der Waals surface area (Å²) in [6.07, 6.45) is 2.06. The van der Waals surface area contributed by atoms with Crippen LogP contribution in [0.5, 0.6) is 0 Å². The molecule has 0 aliphatic rings. The number of rotatable bonds is 4. The van der Waals surface area contributed by atoms with Crippen LogP contribution in [0.1, 0.15) is 11.6 Å². The van der Waals surface area contributed by atoms with E-state index < -0.39 is 0 Å². The third kappa shape index (κ3) is 3.03. The zero-order chi connectivity index (χ0) is 9.68. The first-order valence-electron chi connectivity index (χ1n) is 4.16. The van der Waals surface area contributed by atoms with Crippen LogP contribution in [-0.4, -0.2) is 20.0 Å². The Balaban J connectivity index is 2.75. The van der Waals surface area contributed by atoms with Crippen molar-refractivity contribution in [2.75, 3.05) is 20.0 Å². The third-order valence-electron chi connectivity index (χ3n) is 1.87. The number of ether oxygens (including phenoxy) is 1. The average molecular weight is 197 g/mol. The Hall–Kier alpha value is -0.510. The van der Waals surface area contributed by atoms with Crippen molar-refractivity contribution in [3.05, 3.63) is 29.8 Å². The molecule has 1 rings (SSSR count). The highest BCUT2D eigenvalue weighted by Gasteiger charge is 2.04. The summed E-state index contributed by atoms with van der Waals surface area (Å²) >= 11 is 1.72. The number of methoxy groups -OCH3 is 1. The smallest absolute Gasteiger partial charge is 0.0655 e. The fourth-order valence-electron chi connectivity index (χ4n) is 1.15. The molecule has 0 aliphatic carbocycles. The van der Waals surface area contributed by atoms with Crippen LogP contribution in [0.2, 0.25) is 0 Å². The van der Waals surface area contributed by atoms with Gasteiger partial charge in [0.25, 0.3) is 0 Å². The van der Waals surface area contributed by atoms with Crippen molar-refractivity contribution in [3.8, 4) is 0 Å². The lowest BCUT2D eigenvalue weighted by atomic mass is 10.1. The Kier molecular flexibility index (Phi) is 4.28. The molecule has 0 radical (unpaired) electrons. The van der Waals surface area contributed by atoms with Gasteiger partial charge in [-0.1, -0.05) is 12.1 Å². The van der Waals surface area contributed by atoms with Crippen LogP contribution in [0.4, 0.5) is 0 Å². The van der Waals surface area contributed by atoms with Gasteiger partial charge in [0, 0.05) is 12.0 Å². The topological polar surface area (TPSA) is 35.2 Å². The lowest BCUT2D eigenvalue weighted by molar-refractivity contribution is 0.181. The van der Waals surface area contributed by atoms with Gasteiger partial charge in [0.2, 0.25) is 0 Å². The predicted octanol–water partition coefficient (Wildman–Crippen LogP) is 2.05. The number of hydrogen-bond acceptors (Lipinski definition) is 3. The highest BCUT2D eigenvalue weighted by molar-refractivity contribution is 7.98. The molecule has 1 aromatic rings. The third-order valence-corrected chi connectivity index (χ3v) is 2.59. The fourth-order valence-corrected chi connectivity index (χ4v) is 1.62. The Morgan fingerprint density at radius 2 is 2.31 bits per heavy atom. The quantitative estimate of drug-likeness (QED) is 0.750. The molecule has 0 heterocycles. The summed E-state index contributed by atoms with van der Waals surface area (Å²) in [5, 5.41) is 0. The maximum atomic E-state index is 5.89. The lowest BCUT2D eigenvalue weighted by Crippen LogP contribution is -2.15. The molecule has 2 nitrogen and oxygen atoms in total. The summed E-state index contributed by atoms with van der Waals surface area (Å²) in [7, 11) is 1.66. The number of hydrogen-bond donors (Lipinski definition) is 1. The van der Waals surface area contributed by atoms with Crippen molar-refractivity contribution in [2.45, 2.75) is 10.9 Å². The van der Waals surface area contributed by atoms with E-state index in [4.69, 9.17) is 10.5 Å². The molecule has 0 bridgehead atoms. The fraction of sp³-hybridized carbons (Fsp3) is 0.400. The standard InChI is InChI=1S/C10H15NOS/c1-12-7-10(11)8-4-3-5-9(6-8)13-2/h3-6,10H,7,11H2,1-2H3. The van der Waals surface area contributed by atoms with E-state index in [2.05, 4.69) is 18.4 Å². The van der Waals surface area contributed by atoms with Gasteiger partial charge in [-0.05, 0) is 24.0 Å². The minimum absolute atomic E-state index is 0.0166. The van der Waals surface area contributed by atoms with Gasteiger partial charge >= 0.3 is 0 Å². The molecule has 1 unspecified atom stereocenters. The van der Waals surface area contributed by atoms with Crippen LogP contribution in [-0.2, 0) is 4.74 Å². The molecule has 0 spiro atoms. The number of thioether (sulfide) groups is 1. The highest BCUT2D eigenvalue weighted by atomic mass is 32.2. The van der Waals surface area contributed by atoms with E-state index >= 15 is 0 Å². The summed E-state index contributed by atoms with van der Waals surface area (Å²) in [6, 6.07) is 8.22. The van der Waals surface area contributed by atoms with Gasteiger partial charge in [0.05, 0.1) is 12.6 Å². The molecule has 2 N–H and O–H groups in total. The molecule has 0 fully saturated rings. The van der Waals surface area contributed by atoms with Crippen molar-refractivity contribution < 1.29 is 4.74 Å². The minimum atomic E-state index is -0.0166. The van der Waals surface area contributed by atoms with Crippen LogP contribution in [0, 0.1) is 0 Å². The van der Waals surface area contributed by atoms with Crippen LogP contribution < -0.4 is 5.73 Å². The van der Waals surface area contributed by atoms with Gasteiger partial charge in [0.15, 0.2) is 0 Å². The van der Waals surface area contributed by atoms with Crippen molar-refractivity contribution in [3.63, 3.8) is 0 Å². The van der Waals surface area contributed by atoms with E-state index in [0.717, 1.165) is 5.56 Å². The molecular formula is C10H15NOS. The average Bonchev–Trinajstić information content (AvgIpc) is 2.18. The second-order valence-electron chi connectivity index (χ2n) is 2.84. The summed E-state index contributed by atoms with van der Waals surface area (Å²) in [4.78, 5) is 1.24. The first kappa shape index (κ1) is 10.6. The maximum Gasteiger partial charge on any atom is 0.0655 e. The molecule has 1 atom stereocenters. The molecule has 0 saturated heterocycles. The van der Waals surface area contributed by atoms with E-state index in [0.29, 0.717) is 6.61 Å². The van der Waals surface area contributed by atoms with Gasteiger partial charge in [-0.3, -0.25) is 0 Å². The number of benzene rings is 1. The Morgan fingerprint density at radius 1 is 1.54 bits per heavy atom. The summed E-state index contributed by atoms with van der Waals surface area (Å²) in [5.74, 6) is 0. The van der Waals surface area contributed by atoms with E-state index in [1.807, 2.05) is 12.1 Å². The molecule has 72 valence electrons. The molecule has 3 heteroatoms. The van der Waals surface area contributed by atoms with Gasteiger partial charge in [-0.15, -0.1) is 11.8 Å². The molecule has 0 aromatic heterocycles. The van der Waals surface area contributed by atoms with Gasteiger partial charge in [0.1, 0.15) is 0 Å². The second-order valence-corrected chi connectivity index (χ2v) is 3.72. The zero-order valence-electron chi connectivity index (χ0n) is 7.99. The van der Waals surface area contributed by atoms with Crippen molar-refractivity contribution >= 4 is 11.8 Å². The lowest BCUT2D eigenvalue weighted by Gasteiger charge is -2.11. The molecule has 13 heavy (non-hydrogen) atoms. The Labute approximate surface area is 83.5 Å². The molecular weight excluding hydrogens is 182 g/mol. The summed E-state index contributed by atoms with van der Waals surface area (Å²) in [6.45, 7) is 0.567. The minimum Gasteiger partial charge on any atom is -0.383 e. The van der Waals surface area contributed by atoms with E-state index in [1.54, 1.807) is 18.9 Å². The highest BCUT2D eigenvalue weighted by Crippen LogP contribution is 2.19. The predicted molar refractivity (Wildman–Crippen MR) is 57.0 cm³/mol. The zero-order valence-corrected chi connectivity index (χ0v) is 8.80. The second kappa shape index (κ2) is 5.27. The van der Waals surface area contributed by atoms with E-state index in [1.165, 1.54) is 4.90 Å². The maximum absolute atomic E-state index is 5.89. The number of nitrogens with two attached hydrogens (primary N) is 1. The van der Waals surface area contributed by atoms with Gasteiger partial charge in [-0.2, -0.15) is 0 Å². The monoisotopic (exact) mass is 197 g/mol. The van der Waals surface area contributed by atoms with Crippen LogP contribution in [0.25, 0.3) is 0 Å². The van der Waals surface area contributed by atoms with Crippen molar-refractivity contribution in [1.82, 2.24) is 0 Å². The summed E-state index contributed by atoms with van der Waals surface area (Å²) in [5.41, 5.74) is 7.03. The SMILES string of the molecule is COCC(N)c1cccc(SC)c1. The normalized spacial score (nSPS) is 12.8. The molecule has 0 aliphatic heterocycles. The first-order chi connectivity index (χ1) is 6.27. The molecule has 0 amide bonds. The van der Waals surface area contributed by atoms with Crippen molar-refractivity contribution in [1.29, 1.82) is 0 Å². The van der Waals surface area contributed by atoms with Crippen LogP contribution >= 0.6 is 11.8 Å². The van der Waals surface area contributed by atoms with Gasteiger partial charge < -0.3 is 10.5 Å². The summed E-state index contributed by atoms with van der Waals surface area (Å²) < 4.78 is 5.00. The van der Waals surface area contributed by atoms with Crippen LogP contribution in [0.3, 0.4) is 0 Å². The van der Waals surface area contributed by atoms with E-state index in [9.17, 15) is 0 Å². The first-order valence-corrected chi connectivity index (χ1v) is 5.39. The van der Waals surface area contributed by atoms with Gasteiger partial charge in [-0.25, -0.2) is 0 Å². The molecule has 1 aromatic carbocycles. The Morgan fingerprint density at radius 3 is 2.92 bits per heavy atom. The van der Waals surface area contributed by atoms with E-state index in [-0.39, 0.29) is 6.04 Å². The molecule has 0 saturated carbocycles. The van der Waals surface area contributed by atoms with Crippen molar-refractivity contribution in [2.24, 2.45) is 5.73 Å².